The predicted molar refractivity (Wildman–Crippen MR) is 87.1 cm³/mol. The molecule has 4 rings (SSSR count). The van der Waals surface area contributed by atoms with Crippen molar-refractivity contribution in [1.82, 2.24) is 15.1 Å². The highest BCUT2D eigenvalue weighted by molar-refractivity contribution is 9.10. The van der Waals surface area contributed by atoms with Gasteiger partial charge in [-0.15, -0.1) is 0 Å². The summed E-state index contributed by atoms with van der Waals surface area (Å²) in [7, 11) is 0. The van der Waals surface area contributed by atoms with Gasteiger partial charge in [-0.2, -0.15) is 4.98 Å². The SMILES string of the molecule is O=c1[nH]c2cc(Cc3nc(-c4cccc(Br)c4)no3)ccc2o1. The van der Waals surface area contributed by atoms with E-state index >= 15 is 0 Å². The van der Waals surface area contributed by atoms with Crippen LogP contribution >= 0.6 is 15.9 Å². The van der Waals surface area contributed by atoms with Gasteiger partial charge in [0, 0.05) is 10.0 Å². The maximum absolute atomic E-state index is 11.2. The Kier molecular flexibility index (Phi) is 3.34. The Morgan fingerprint density at radius 2 is 2.09 bits per heavy atom. The van der Waals surface area contributed by atoms with Crippen LogP contribution in [0.2, 0.25) is 0 Å². The third-order valence-electron chi connectivity index (χ3n) is 3.39. The molecule has 0 amide bonds. The van der Waals surface area contributed by atoms with Crippen LogP contribution in [0.25, 0.3) is 22.5 Å². The number of hydrogen-bond acceptors (Lipinski definition) is 5. The fourth-order valence-electron chi connectivity index (χ4n) is 2.36. The molecule has 2 aromatic carbocycles. The van der Waals surface area contributed by atoms with E-state index in [9.17, 15) is 4.79 Å². The zero-order chi connectivity index (χ0) is 15.8. The van der Waals surface area contributed by atoms with Gasteiger partial charge in [0.2, 0.25) is 11.7 Å². The van der Waals surface area contributed by atoms with Crippen molar-refractivity contribution in [3.05, 3.63) is 68.9 Å². The van der Waals surface area contributed by atoms with Crippen LogP contribution < -0.4 is 5.76 Å². The lowest BCUT2D eigenvalue weighted by Crippen LogP contribution is -1.93. The molecule has 0 aliphatic rings. The highest BCUT2D eigenvalue weighted by atomic mass is 79.9. The van der Waals surface area contributed by atoms with Gasteiger partial charge in [-0.3, -0.25) is 4.98 Å². The molecule has 0 aliphatic carbocycles. The standard InChI is InChI=1S/C16H10BrN3O3/c17-11-3-1-2-10(8-11)15-19-14(23-20-15)7-9-4-5-13-12(6-9)18-16(21)22-13/h1-6,8H,7H2,(H,18,21). The van der Waals surface area contributed by atoms with Crippen molar-refractivity contribution in [1.29, 1.82) is 0 Å². The average molecular weight is 372 g/mol. The number of nitrogens with zero attached hydrogens (tertiary/aromatic N) is 2. The molecule has 0 fully saturated rings. The van der Waals surface area contributed by atoms with Gasteiger partial charge < -0.3 is 8.94 Å². The summed E-state index contributed by atoms with van der Waals surface area (Å²) in [4.78, 5) is 18.2. The van der Waals surface area contributed by atoms with Crippen molar-refractivity contribution in [3.8, 4) is 11.4 Å². The number of aromatic nitrogens is 3. The number of oxazole rings is 1. The summed E-state index contributed by atoms with van der Waals surface area (Å²) in [5, 5.41) is 4.01. The maximum atomic E-state index is 11.2. The molecule has 4 aromatic rings. The number of rotatable bonds is 3. The first kappa shape index (κ1) is 14.0. The van der Waals surface area contributed by atoms with E-state index in [0.717, 1.165) is 15.6 Å². The molecular weight excluding hydrogens is 362 g/mol. The Labute approximate surface area is 138 Å². The number of benzene rings is 2. The predicted octanol–water partition coefficient (Wildman–Crippen LogP) is 3.52. The number of halogens is 1. The highest BCUT2D eigenvalue weighted by Gasteiger charge is 2.10. The number of H-pyrrole nitrogens is 1. The van der Waals surface area contributed by atoms with Gasteiger partial charge in [-0.05, 0) is 29.8 Å². The molecule has 0 saturated carbocycles. The Morgan fingerprint density at radius 1 is 1.17 bits per heavy atom. The second kappa shape index (κ2) is 5.51. The average Bonchev–Trinajstić information content (AvgIpc) is 3.12. The number of hydrogen-bond donors (Lipinski definition) is 1. The molecule has 0 unspecified atom stereocenters. The topological polar surface area (TPSA) is 84.9 Å². The number of fused-ring (bicyclic) bond motifs is 1. The molecule has 0 saturated heterocycles. The van der Waals surface area contributed by atoms with Crippen LogP contribution in [-0.4, -0.2) is 15.1 Å². The minimum atomic E-state index is -0.466. The first-order valence-electron chi connectivity index (χ1n) is 6.88. The molecule has 1 N–H and O–H groups in total. The summed E-state index contributed by atoms with van der Waals surface area (Å²) < 4.78 is 11.2. The molecule has 7 heteroatoms. The van der Waals surface area contributed by atoms with Gasteiger partial charge in [0.25, 0.3) is 0 Å². The second-order valence-electron chi connectivity index (χ2n) is 5.04. The molecule has 2 heterocycles. The summed E-state index contributed by atoms with van der Waals surface area (Å²) in [6.45, 7) is 0. The van der Waals surface area contributed by atoms with Gasteiger partial charge in [0.15, 0.2) is 5.58 Å². The largest absolute Gasteiger partial charge is 0.417 e. The summed E-state index contributed by atoms with van der Waals surface area (Å²) in [5.74, 6) is 0.580. The van der Waals surface area contributed by atoms with Crippen LogP contribution in [0, 0.1) is 0 Å². The number of aromatic amines is 1. The van der Waals surface area contributed by atoms with Crippen molar-refractivity contribution in [2.75, 3.05) is 0 Å². The summed E-state index contributed by atoms with van der Waals surface area (Å²) in [5.41, 5.74) is 3.00. The van der Waals surface area contributed by atoms with E-state index in [-0.39, 0.29) is 0 Å². The van der Waals surface area contributed by atoms with Crippen molar-refractivity contribution in [3.63, 3.8) is 0 Å². The van der Waals surface area contributed by atoms with E-state index in [1.165, 1.54) is 0 Å². The molecule has 0 spiro atoms. The van der Waals surface area contributed by atoms with Crippen molar-refractivity contribution in [2.45, 2.75) is 6.42 Å². The lowest BCUT2D eigenvalue weighted by Gasteiger charge is -1.96. The first-order chi connectivity index (χ1) is 11.2. The van der Waals surface area contributed by atoms with E-state index in [2.05, 4.69) is 31.1 Å². The zero-order valence-electron chi connectivity index (χ0n) is 11.7. The quantitative estimate of drug-likeness (QED) is 0.595. The van der Waals surface area contributed by atoms with E-state index in [1.54, 1.807) is 6.07 Å². The van der Waals surface area contributed by atoms with Crippen molar-refractivity contribution < 1.29 is 8.94 Å². The van der Waals surface area contributed by atoms with Gasteiger partial charge in [0.1, 0.15) is 0 Å². The smallest absolute Gasteiger partial charge is 0.408 e. The lowest BCUT2D eigenvalue weighted by atomic mass is 10.1. The van der Waals surface area contributed by atoms with Crippen molar-refractivity contribution in [2.24, 2.45) is 0 Å². The van der Waals surface area contributed by atoms with Gasteiger partial charge in [0.05, 0.1) is 11.9 Å². The van der Waals surface area contributed by atoms with Crippen LogP contribution in [0.5, 0.6) is 0 Å². The van der Waals surface area contributed by atoms with Gasteiger partial charge in [-0.25, -0.2) is 4.79 Å². The summed E-state index contributed by atoms with van der Waals surface area (Å²) >= 11 is 3.42. The minimum Gasteiger partial charge on any atom is -0.408 e. The third kappa shape index (κ3) is 2.83. The first-order valence-corrected chi connectivity index (χ1v) is 7.67. The van der Waals surface area contributed by atoms with E-state index in [1.807, 2.05) is 36.4 Å². The number of nitrogens with one attached hydrogen (secondary N) is 1. The second-order valence-corrected chi connectivity index (χ2v) is 5.96. The molecule has 2 aromatic heterocycles. The summed E-state index contributed by atoms with van der Waals surface area (Å²) in [6, 6.07) is 13.1. The Morgan fingerprint density at radius 3 is 2.96 bits per heavy atom. The van der Waals surface area contributed by atoms with Crippen LogP contribution in [-0.2, 0) is 6.42 Å². The van der Waals surface area contributed by atoms with Crippen LogP contribution in [0.3, 0.4) is 0 Å². The van der Waals surface area contributed by atoms with Crippen LogP contribution in [0.4, 0.5) is 0 Å². The van der Waals surface area contributed by atoms with E-state index in [4.69, 9.17) is 8.94 Å². The molecule has 6 nitrogen and oxygen atoms in total. The summed E-state index contributed by atoms with van der Waals surface area (Å²) in [6.07, 6.45) is 0.476. The minimum absolute atomic E-state index is 0.466. The molecule has 0 radical (unpaired) electrons. The molecule has 0 bridgehead atoms. The molecule has 0 atom stereocenters. The van der Waals surface area contributed by atoms with E-state index in [0.29, 0.717) is 29.2 Å². The Bertz CT molecular complexity index is 1050. The third-order valence-corrected chi connectivity index (χ3v) is 3.88. The van der Waals surface area contributed by atoms with Crippen molar-refractivity contribution >= 4 is 27.0 Å². The Balaban J connectivity index is 1.62. The molecule has 23 heavy (non-hydrogen) atoms. The fourth-order valence-corrected chi connectivity index (χ4v) is 2.75. The highest BCUT2D eigenvalue weighted by Crippen LogP contribution is 2.21. The molecule has 0 aliphatic heterocycles. The maximum Gasteiger partial charge on any atom is 0.417 e. The Hall–Kier alpha value is -2.67. The van der Waals surface area contributed by atoms with Gasteiger partial charge >= 0.3 is 5.76 Å². The van der Waals surface area contributed by atoms with Gasteiger partial charge in [-0.1, -0.05) is 39.3 Å². The van der Waals surface area contributed by atoms with Crippen LogP contribution in [0.15, 0.2) is 60.7 Å². The zero-order valence-corrected chi connectivity index (χ0v) is 13.3. The van der Waals surface area contributed by atoms with E-state index < -0.39 is 5.76 Å². The molecule has 114 valence electrons. The fraction of sp³-hybridized carbons (Fsp3) is 0.0625. The van der Waals surface area contributed by atoms with Crippen LogP contribution in [0.1, 0.15) is 11.5 Å². The molecular formula is C16H10BrN3O3. The lowest BCUT2D eigenvalue weighted by molar-refractivity contribution is 0.386. The monoisotopic (exact) mass is 371 g/mol. The normalized spacial score (nSPS) is 11.2.